The molecule has 0 bridgehead atoms. The van der Waals surface area contributed by atoms with E-state index in [-0.39, 0.29) is 0 Å². The average Bonchev–Trinajstić information content (AvgIpc) is 2.69. The van der Waals surface area contributed by atoms with E-state index in [9.17, 15) is 10.2 Å². The van der Waals surface area contributed by atoms with Crippen LogP contribution in [-0.4, -0.2) is 31.5 Å². The molecule has 0 aliphatic carbocycles. The molecule has 1 aliphatic heterocycles. The molecule has 2 aromatic rings. The van der Waals surface area contributed by atoms with Gasteiger partial charge in [0, 0.05) is 17.2 Å². The lowest BCUT2D eigenvalue weighted by Gasteiger charge is -2.18. The first-order valence-electron chi connectivity index (χ1n) is 7.07. The molecule has 0 unspecified atom stereocenters. The van der Waals surface area contributed by atoms with E-state index in [0.29, 0.717) is 39.9 Å². The first-order valence-corrected chi connectivity index (χ1v) is 7.07. The number of aliphatic hydroxyl groups excluding tert-OH is 2. The minimum atomic E-state index is -1.17. The highest BCUT2D eigenvalue weighted by Crippen LogP contribution is 2.50. The number of rotatable bonds is 3. The normalized spacial score (nSPS) is 19.0. The molecule has 0 amide bonds. The van der Waals surface area contributed by atoms with Crippen molar-refractivity contribution in [2.24, 2.45) is 0 Å². The summed E-state index contributed by atoms with van der Waals surface area (Å²) < 4.78 is 21.7. The van der Waals surface area contributed by atoms with Crippen LogP contribution in [0.15, 0.2) is 30.3 Å². The third-order valence-corrected chi connectivity index (χ3v) is 3.89. The van der Waals surface area contributed by atoms with Crippen molar-refractivity contribution in [2.45, 2.75) is 12.2 Å². The van der Waals surface area contributed by atoms with E-state index in [4.69, 9.17) is 18.9 Å². The largest absolute Gasteiger partial charge is 0.493 e. The van der Waals surface area contributed by atoms with E-state index in [1.807, 2.05) is 0 Å². The van der Waals surface area contributed by atoms with Gasteiger partial charge >= 0.3 is 0 Å². The van der Waals surface area contributed by atoms with Gasteiger partial charge in [0.1, 0.15) is 18.0 Å². The van der Waals surface area contributed by atoms with E-state index in [1.54, 1.807) is 30.3 Å². The number of ether oxygens (including phenoxy) is 4. The number of fused-ring (bicyclic) bond motifs is 2. The van der Waals surface area contributed by atoms with Gasteiger partial charge in [-0.3, -0.25) is 0 Å². The molecule has 0 saturated heterocycles. The minimum Gasteiger partial charge on any atom is -0.493 e. The second kappa shape index (κ2) is 5.98. The van der Waals surface area contributed by atoms with E-state index in [0.717, 1.165) is 0 Å². The number of methoxy groups -OCH3 is 3. The van der Waals surface area contributed by atoms with E-state index in [1.165, 1.54) is 21.3 Å². The number of hydrogen-bond donors (Lipinski definition) is 2. The molecular formula is C17H18O6. The summed E-state index contributed by atoms with van der Waals surface area (Å²) >= 11 is 0. The van der Waals surface area contributed by atoms with Gasteiger partial charge in [-0.15, -0.1) is 0 Å². The van der Waals surface area contributed by atoms with Crippen LogP contribution in [0, 0.1) is 0 Å². The molecule has 0 saturated carbocycles. The smallest absolute Gasteiger partial charge is 0.175 e. The highest BCUT2D eigenvalue weighted by atomic mass is 16.5. The Morgan fingerprint density at radius 3 is 2.09 bits per heavy atom. The zero-order valence-electron chi connectivity index (χ0n) is 13.1. The average molecular weight is 318 g/mol. The van der Waals surface area contributed by atoms with Crippen LogP contribution in [-0.2, 0) is 0 Å². The minimum absolute atomic E-state index is 0.368. The van der Waals surface area contributed by atoms with Gasteiger partial charge in [-0.2, -0.15) is 0 Å². The topological polar surface area (TPSA) is 77.4 Å². The number of para-hydroxylation sites is 1. The lowest BCUT2D eigenvalue weighted by atomic mass is 9.98. The molecular weight excluding hydrogens is 300 g/mol. The lowest BCUT2D eigenvalue weighted by molar-refractivity contribution is 0.0182. The molecule has 6 heteroatoms. The zero-order valence-corrected chi connectivity index (χ0v) is 13.1. The van der Waals surface area contributed by atoms with Crippen LogP contribution in [0.25, 0.3) is 0 Å². The number of hydrogen-bond acceptors (Lipinski definition) is 6. The third-order valence-electron chi connectivity index (χ3n) is 3.89. The Hall–Kier alpha value is -2.44. The van der Waals surface area contributed by atoms with Gasteiger partial charge in [0.25, 0.3) is 0 Å². The maximum Gasteiger partial charge on any atom is 0.175 e. The molecule has 0 fully saturated rings. The maximum atomic E-state index is 10.5. The second-order valence-corrected chi connectivity index (χ2v) is 5.12. The molecule has 23 heavy (non-hydrogen) atoms. The van der Waals surface area contributed by atoms with Crippen LogP contribution in [0.4, 0.5) is 0 Å². The quantitative estimate of drug-likeness (QED) is 0.906. The number of benzene rings is 2. The summed E-state index contributed by atoms with van der Waals surface area (Å²) in [5.74, 6) is 2.12. The summed E-state index contributed by atoms with van der Waals surface area (Å²) in [7, 11) is 4.53. The van der Waals surface area contributed by atoms with Crippen molar-refractivity contribution in [3.8, 4) is 28.7 Å². The Kier molecular flexibility index (Phi) is 4.02. The van der Waals surface area contributed by atoms with Gasteiger partial charge in [-0.25, -0.2) is 0 Å². The van der Waals surface area contributed by atoms with Crippen molar-refractivity contribution in [1.82, 2.24) is 0 Å². The fourth-order valence-corrected chi connectivity index (χ4v) is 2.68. The molecule has 2 N–H and O–H groups in total. The molecule has 3 rings (SSSR count). The van der Waals surface area contributed by atoms with Crippen LogP contribution in [0.3, 0.4) is 0 Å². The first-order chi connectivity index (χ1) is 11.1. The summed E-state index contributed by atoms with van der Waals surface area (Å²) in [6, 6.07) is 8.36. The Bertz CT molecular complexity index is 727. The fourth-order valence-electron chi connectivity index (χ4n) is 2.68. The van der Waals surface area contributed by atoms with E-state index < -0.39 is 12.2 Å². The third kappa shape index (κ3) is 2.46. The zero-order chi connectivity index (χ0) is 16.6. The molecule has 0 radical (unpaired) electrons. The van der Waals surface area contributed by atoms with Crippen LogP contribution in [0.2, 0.25) is 0 Å². The Morgan fingerprint density at radius 1 is 0.826 bits per heavy atom. The lowest BCUT2D eigenvalue weighted by Crippen LogP contribution is -2.09. The maximum absolute atomic E-state index is 10.5. The molecule has 1 aliphatic rings. The summed E-state index contributed by atoms with van der Waals surface area (Å²) in [5.41, 5.74) is 0.861. The van der Waals surface area contributed by atoms with Crippen LogP contribution >= 0.6 is 0 Å². The van der Waals surface area contributed by atoms with Gasteiger partial charge in [-0.1, -0.05) is 12.1 Å². The fraction of sp³-hybridized carbons (Fsp3) is 0.294. The van der Waals surface area contributed by atoms with E-state index >= 15 is 0 Å². The summed E-state index contributed by atoms with van der Waals surface area (Å²) in [5, 5.41) is 21.0. The van der Waals surface area contributed by atoms with Crippen molar-refractivity contribution in [1.29, 1.82) is 0 Å². The molecule has 0 aromatic heterocycles. The summed E-state index contributed by atoms with van der Waals surface area (Å²) in [6.07, 6.45) is -2.32. The van der Waals surface area contributed by atoms with Gasteiger partial charge in [0.05, 0.1) is 21.3 Å². The SMILES string of the molecule is COc1cc2c(cc1OC)[C@H](O)[C@H](O)c1cccc(OC)c1O2. The Morgan fingerprint density at radius 2 is 1.43 bits per heavy atom. The van der Waals surface area contributed by atoms with Gasteiger partial charge in [-0.05, 0) is 12.1 Å². The van der Waals surface area contributed by atoms with Crippen LogP contribution < -0.4 is 18.9 Å². The number of aliphatic hydroxyl groups is 2. The first kappa shape index (κ1) is 15.5. The van der Waals surface area contributed by atoms with Gasteiger partial charge < -0.3 is 29.2 Å². The molecule has 0 spiro atoms. The monoisotopic (exact) mass is 318 g/mol. The molecule has 6 nitrogen and oxygen atoms in total. The summed E-state index contributed by atoms with van der Waals surface area (Å²) in [4.78, 5) is 0. The molecule has 2 aromatic carbocycles. The van der Waals surface area contributed by atoms with Crippen molar-refractivity contribution in [3.05, 3.63) is 41.5 Å². The van der Waals surface area contributed by atoms with Crippen molar-refractivity contribution < 1.29 is 29.2 Å². The summed E-state index contributed by atoms with van der Waals surface area (Å²) in [6.45, 7) is 0. The molecule has 122 valence electrons. The van der Waals surface area contributed by atoms with E-state index in [2.05, 4.69) is 0 Å². The van der Waals surface area contributed by atoms with Crippen molar-refractivity contribution in [2.75, 3.05) is 21.3 Å². The Labute approximate surface area is 133 Å². The molecule has 1 heterocycles. The van der Waals surface area contributed by atoms with Gasteiger partial charge in [0.15, 0.2) is 23.0 Å². The van der Waals surface area contributed by atoms with Crippen LogP contribution in [0.5, 0.6) is 28.7 Å². The predicted molar refractivity (Wildman–Crippen MR) is 82.5 cm³/mol. The second-order valence-electron chi connectivity index (χ2n) is 5.12. The van der Waals surface area contributed by atoms with Gasteiger partial charge in [0.2, 0.25) is 0 Å². The predicted octanol–water partition coefficient (Wildman–Crippen LogP) is 2.59. The van der Waals surface area contributed by atoms with Crippen molar-refractivity contribution >= 4 is 0 Å². The van der Waals surface area contributed by atoms with Crippen LogP contribution in [0.1, 0.15) is 23.3 Å². The Balaban J connectivity index is 2.22. The molecule has 2 atom stereocenters. The van der Waals surface area contributed by atoms with Crippen molar-refractivity contribution in [3.63, 3.8) is 0 Å². The highest BCUT2D eigenvalue weighted by molar-refractivity contribution is 5.58. The highest BCUT2D eigenvalue weighted by Gasteiger charge is 2.33. The standard InChI is InChI=1S/C17H18O6/c1-20-11-6-4-5-9-15(18)16(19)10-7-13(21-2)14(22-3)8-12(10)23-17(9)11/h4-8,15-16,18-19H,1-3H3/t15-,16+/m1/s1.